The molecule has 1 saturated carbocycles. The average molecular weight is 448 g/mol. The topological polar surface area (TPSA) is 71.1 Å². The molecule has 0 aliphatic heterocycles. The lowest BCUT2D eigenvalue weighted by atomic mass is 9.97. The number of carbonyl (C=O) groups is 2. The third-order valence-corrected chi connectivity index (χ3v) is 6.92. The molecule has 0 atom stereocenters. The molecule has 166 valence electrons. The van der Waals surface area contributed by atoms with Gasteiger partial charge in [0.25, 0.3) is 5.91 Å². The molecular formula is C26H29N3O2S. The number of anilines is 1. The molecule has 32 heavy (non-hydrogen) atoms. The van der Waals surface area contributed by atoms with Gasteiger partial charge in [0.1, 0.15) is 0 Å². The van der Waals surface area contributed by atoms with Crippen molar-refractivity contribution in [1.29, 1.82) is 0 Å². The van der Waals surface area contributed by atoms with E-state index in [4.69, 9.17) is 0 Å². The number of amides is 2. The molecule has 1 aliphatic rings. The second kappa shape index (κ2) is 11.1. The van der Waals surface area contributed by atoms with Crippen molar-refractivity contribution in [2.75, 3.05) is 11.1 Å². The number of rotatable bonds is 6. The van der Waals surface area contributed by atoms with Gasteiger partial charge in [-0.25, -0.2) is 0 Å². The maximum Gasteiger partial charge on any atom is 0.256 e. The normalized spacial score (nSPS) is 15.0. The molecule has 2 amide bonds. The Hall–Kier alpha value is -2.86. The van der Waals surface area contributed by atoms with Gasteiger partial charge in [0.2, 0.25) is 5.91 Å². The van der Waals surface area contributed by atoms with Crippen LogP contribution in [-0.4, -0.2) is 28.6 Å². The fourth-order valence-corrected chi connectivity index (χ4v) is 5.05. The molecule has 2 aromatic carbocycles. The third kappa shape index (κ3) is 5.88. The Kier molecular flexibility index (Phi) is 7.77. The predicted molar refractivity (Wildman–Crippen MR) is 131 cm³/mol. The second-order valence-corrected chi connectivity index (χ2v) is 9.25. The Morgan fingerprint density at radius 1 is 0.906 bits per heavy atom. The van der Waals surface area contributed by atoms with Gasteiger partial charge in [0.05, 0.1) is 22.5 Å². The number of pyridine rings is 1. The van der Waals surface area contributed by atoms with Crippen molar-refractivity contribution >= 4 is 40.2 Å². The monoisotopic (exact) mass is 447 g/mol. The summed E-state index contributed by atoms with van der Waals surface area (Å²) < 4.78 is 0. The van der Waals surface area contributed by atoms with Crippen LogP contribution >= 0.6 is 11.8 Å². The minimum atomic E-state index is -0.202. The molecule has 2 N–H and O–H groups in total. The fraction of sp³-hybridized carbons (Fsp3) is 0.346. The van der Waals surface area contributed by atoms with Gasteiger partial charge in [-0.2, -0.15) is 0 Å². The van der Waals surface area contributed by atoms with E-state index in [2.05, 4.69) is 15.6 Å². The van der Waals surface area contributed by atoms with E-state index in [1.165, 1.54) is 43.9 Å². The van der Waals surface area contributed by atoms with Crippen LogP contribution in [0.2, 0.25) is 0 Å². The maximum absolute atomic E-state index is 13.1. The van der Waals surface area contributed by atoms with E-state index in [1.54, 1.807) is 12.3 Å². The van der Waals surface area contributed by atoms with Gasteiger partial charge in [-0.3, -0.25) is 14.6 Å². The Balaban J connectivity index is 1.40. The summed E-state index contributed by atoms with van der Waals surface area (Å²) in [7, 11) is 0. The van der Waals surface area contributed by atoms with Gasteiger partial charge in [-0.1, -0.05) is 62.4 Å². The lowest BCUT2D eigenvalue weighted by Crippen LogP contribution is -2.36. The van der Waals surface area contributed by atoms with E-state index in [0.29, 0.717) is 17.0 Å². The zero-order valence-electron chi connectivity index (χ0n) is 18.2. The number of nitrogens with one attached hydrogen (secondary N) is 2. The fourth-order valence-electron chi connectivity index (χ4n) is 4.19. The molecule has 1 aliphatic carbocycles. The van der Waals surface area contributed by atoms with Crippen LogP contribution < -0.4 is 10.6 Å². The second-order valence-electron chi connectivity index (χ2n) is 8.23. The van der Waals surface area contributed by atoms with Crippen LogP contribution in [0.25, 0.3) is 10.9 Å². The molecule has 4 rings (SSSR count). The van der Waals surface area contributed by atoms with Crippen LogP contribution in [0, 0.1) is 0 Å². The molecule has 1 aromatic heterocycles. The van der Waals surface area contributed by atoms with Gasteiger partial charge in [-0.15, -0.1) is 11.8 Å². The number of hydrogen-bond donors (Lipinski definition) is 2. The van der Waals surface area contributed by atoms with Gasteiger partial charge in [-0.05, 0) is 37.1 Å². The highest BCUT2D eigenvalue weighted by Gasteiger charge is 2.17. The quantitative estimate of drug-likeness (QED) is 0.468. The van der Waals surface area contributed by atoms with Crippen molar-refractivity contribution in [2.24, 2.45) is 0 Å². The van der Waals surface area contributed by atoms with Gasteiger partial charge >= 0.3 is 0 Å². The molecular weight excluding hydrogens is 418 g/mol. The summed E-state index contributed by atoms with van der Waals surface area (Å²) in [6, 6.07) is 17.3. The van der Waals surface area contributed by atoms with Gasteiger partial charge in [0, 0.05) is 22.5 Å². The van der Waals surface area contributed by atoms with E-state index in [1.807, 2.05) is 48.5 Å². The summed E-state index contributed by atoms with van der Waals surface area (Å²) in [5, 5.41) is 7.16. The largest absolute Gasteiger partial charge is 0.353 e. The van der Waals surface area contributed by atoms with Crippen molar-refractivity contribution in [1.82, 2.24) is 10.3 Å². The predicted octanol–water partition coefficient (Wildman–Crippen LogP) is 5.81. The number of thioether (sulfide) groups is 1. The van der Waals surface area contributed by atoms with Gasteiger partial charge < -0.3 is 10.6 Å². The van der Waals surface area contributed by atoms with Crippen molar-refractivity contribution in [3.63, 3.8) is 0 Å². The minimum Gasteiger partial charge on any atom is -0.353 e. The molecule has 1 heterocycles. The minimum absolute atomic E-state index is 0.0361. The smallest absolute Gasteiger partial charge is 0.256 e. The third-order valence-electron chi connectivity index (χ3n) is 5.84. The molecule has 6 heteroatoms. The molecule has 0 radical (unpaired) electrons. The number of para-hydroxylation sites is 1. The Morgan fingerprint density at radius 2 is 1.66 bits per heavy atom. The first-order chi connectivity index (χ1) is 15.7. The highest BCUT2D eigenvalue weighted by atomic mass is 32.2. The molecule has 0 unspecified atom stereocenters. The lowest BCUT2D eigenvalue weighted by molar-refractivity contribution is -0.119. The molecule has 0 bridgehead atoms. The van der Waals surface area contributed by atoms with Gasteiger partial charge in [0.15, 0.2) is 0 Å². The van der Waals surface area contributed by atoms with Crippen molar-refractivity contribution in [3.05, 3.63) is 66.4 Å². The first kappa shape index (κ1) is 22.3. The molecule has 3 aromatic rings. The van der Waals surface area contributed by atoms with Crippen LogP contribution in [-0.2, 0) is 4.79 Å². The van der Waals surface area contributed by atoms with Crippen molar-refractivity contribution in [2.45, 2.75) is 55.9 Å². The number of hydrogen-bond acceptors (Lipinski definition) is 4. The summed E-state index contributed by atoms with van der Waals surface area (Å²) in [6.45, 7) is 0. The van der Waals surface area contributed by atoms with Crippen LogP contribution in [0.3, 0.4) is 0 Å². The zero-order valence-corrected chi connectivity index (χ0v) is 19.0. The number of nitrogens with zero attached hydrogens (tertiary/aromatic N) is 1. The van der Waals surface area contributed by atoms with Crippen LogP contribution in [0.5, 0.6) is 0 Å². The summed E-state index contributed by atoms with van der Waals surface area (Å²) in [5.41, 5.74) is 1.99. The number of benzene rings is 2. The Morgan fingerprint density at radius 3 is 2.50 bits per heavy atom. The van der Waals surface area contributed by atoms with Crippen molar-refractivity contribution < 1.29 is 9.59 Å². The van der Waals surface area contributed by atoms with E-state index in [0.717, 1.165) is 28.6 Å². The van der Waals surface area contributed by atoms with Crippen LogP contribution in [0.4, 0.5) is 5.69 Å². The van der Waals surface area contributed by atoms with E-state index < -0.39 is 0 Å². The lowest BCUT2D eigenvalue weighted by Gasteiger charge is -2.21. The summed E-state index contributed by atoms with van der Waals surface area (Å²) in [4.78, 5) is 30.8. The summed E-state index contributed by atoms with van der Waals surface area (Å²) >= 11 is 1.41. The molecule has 1 fully saturated rings. The molecule has 0 spiro atoms. The van der Waals surface area contributed by atoms with E-state index in [-0.39, 0.29) is 17.9 Å². The van der Waals surface area contributed by atoms with Crippen molar-refractivity contribution in [3.8, 4) is 0 Å². The van der Waals surface area contributed by atoms with E-state index in [9.17, 15) is 9.59 Å². The summed E-state index contributed by atoms with van der Waals surface area (Å²) in [6.07, 6.45) is 10.0. The number of fused-ring (bicyclic) bond motifs is 1. The summed E-state index contributed by atoms with van der Waals surface area (Å²) in [5.74, 6) is 0.136. The molecule has 0 saturated heterocycles. The number of carbonyl (C=O) groups excluding carboxylic acids is 2. The van der Waals surface area contributed by atoms with E-state index >= 15 is 0 Å². The zero-order chi connectivity index (χ0) is 22.2. The first-order valence-electron chi connectivity index (χ1n) is 11.4. The standard InChI is InChI=1S/C26H29N3O2S/c30-24(28-20-12-4-2-1-3-5-13-20)18-32-23-16-7-6-14-21(23)26(31)29-22-15-8-10-19-11-9-17-27-25(19)22/h6-11,14-17,20H,1-5,12-13,18H2,(H,28,30)(H,29,31). The van der Waals surface area contributed by atoms with Crippen LogP contribution in [0.15, 0.2) is 65.7 Å². The highest BCUT2D eigenvalue weighted by Crippen LogP contribution is 2.26. The SMILES string of the molecule is O=C(CSc1ccccc1C(=O)Nc1cccc2cccnc12)NC1CCCCCCC1. The highest BCUT2D eigenvalue weighted by molar-refractivity contribution is 8.00. The maximum atomic E-state index is 13.1. The Labute approximate surface area is 193 Å². The first-order valence-corrected chi connectivity index (χ1v) is 12.4. The molecule has 5 nitrogen and oxygen atoms in total. The Bertz CT molecular complexity index is 1070. The average Bonchev–Trinajstić information content (AvgIpc) is 2.80. The number of aromatic nitrogens is 1. The van der Waals surface area contributed by atoms with Crippen LogP contribution in [0.1, 0.15) is 55.3 Å².